The summed E-state index contributed by atoms with van der Waals surface area (Å²) >= 11 is 0. The number of hydrogen-bond acceptors (Lipinski definition) is 10. The zero-order valence-corrected chi connectivity index (χ0v) is 16.8. The lowest BCUT2D eigenvalue weighted by molar-refractivity contribution is -0.305. The van der Waals surface area contributed by atoms with Gasteiger partial charge in [-0.25, -0.2) is 0 Å². The van der Waals surface area contributed by atoms with Crippen molar-refractivity contribution < 1.29 is 47.6 Å². The van der Waals surface area contributed by atoms with Crippen molar-refractivity contribution in [3.05, 3.63) is 0 Å². The van der Waals surface area contributed by atoms with E-state index in [1.54, 1.807) is 0 Å². The van der Waals surface area contributed by atoms with Crippen molar-refractivity contribution in [1.82, 2.24) is 0 Å². The highest BCUT2D eigenvalue weighted by atomic mass is 16.7. The Morgan fingerprint density at radius 1 is 0.786 bits per heavy atom. The number of unbranched alkanes of at least 4 members (excludes halogenated alkanes) is 1. The fourth-order valence-electron chi connectivity index (χ4n) is 2.67. The predicted octanol–water partition coefficient (Wildman–Crippen LogP) is 0.886. The molecule has 1 fully saturated rings. The van der Waals surface area contributed by atoms with Gasteiger partial charge >= 0.3 is 23.9 Å². The third-order valence-corrected chi connectivity index (χ3v) is 3.74. The van der Waals surface area contributed by atoms with Crippen LogP contribution in [0.25, 0.3) is 0 Å². The molecule has 1 unspecified atom stereocenters. The van der Waals surface area contributed by atoms with E-state index in [-0.39, 0.29) is 13.2 Å². The van der Waals surface area contributed by atoms with E-state index in [4.69, 9.17) is 28.4 Å². The fourth-order valence-corrected chi connectivity index (χ4v) is 2.67. The maximum Gasteiger partial charge on any atom is 0.305 e. The second-order valence-electron chi connectivity index (χ2n) is 6.29. The van der Waals surface area contributed by atoms with Crippen molar-refractivity contribution >= 4 is 23.9 Å². The van der Waals surface area contributed by atoms with Gasteiger partial charge in [0.05, 0.1) is 0 Å². The van der Waals surface area contributed by atoms with Crippen molar-refractivity contribution in [2.24, 2.45) is 0 Å². The van der Waals surface area contributed by atoms with Gasteiger partial charge in [0.25, 0.3) is 0 Å². The maximum atomic E-state index is 11.7. The molecule has 1 heterocycles. The summed E-state index contributed by atoms with van der Waals surface area (Å²) in [4.78, 5) is 46.0. The van der Waals surface area contributed by atoms with Crippen LogP contribution < -0.4 is 0 Å². The smallest absolute Gasteiger partial charge is 0.305 e. The van der Waals surface area contributed by atoms with Gasteiger partial charge in [0.1, 0.15) is 12.7 Å². The van der Waals surface area contributed by atoms with E-state index in [0.717, 1.165) is 6.42 Å². The molecule has 0 aromatic heterocycles. The molecule has 0 spiro atoms. The van der Waals surface area contributed by atoms with Crippen molar-refractivity contribution in [2.45, 2.75) is 78.2 Å². The predicted molar refractivity (Wildman–Crippen MR) is 92.8 cm³/mol. The van der Waals surface area contributed by atoms with Gasteiger partial charge in [0.15, 0.2) is 18.3 Å². The molecule has 10 nitrogen and oxygen atoms in total. The number of hydrogen-bond donors (Lipinski definition) is 0. The molecule has 5 atom stereocenters. The molecule has 0 aromatic rings. The van der Waals surface area contributed by atoms with Gasteiger partial charge in [-0.3, -0.25) is 19.2 Å². The lowest BCUT2D eigenvalue weighted by Crippen LogP contribution is -2.62. The molecule has 28 heavy (non-hydrogen) atoms. The zero-order chi connectivity index (χ0) is 21.3. The number of esters is 4. The molecule has 160 valence electrons. The second kappa shape index (κ2) is 11.6. The lowest BCUT2D eigenvalue weighted by Gasteiger charge is -2.44. The van der Waals surface area contributed by atoms with Crippen LogP contribution >= 0.6 is 0 Å². The SMILES string of the molecule is CCCCO[C@@H]1C(OC(C)=O)O[C@@H](COC(C)=O)[C@@H](OC(C)=O)[C@@H]1OC(C)=O. The molecule has 0 aromatic carbocycles. The Bertz CT molecular complexity index is 561. The van der Waals surface area contributed by atoms with Crippen molar-refractivity contribution in [3.63, 3.8) is 0 Å². The molecule has 1 saturated heterocycles. The van der Waals surface area contributed by atoms with Crippen molar-refractivity contribution in [1.29, 1.82) is 0 Å². The van der Waals surface area contributed by atoms with Gasteiger partial charge < -0.3 is 28.4 Å². The van der Waals surface area contributed by atoms with Crippen LogP contribution in [0.3, 0.4) is 0 Å². The van der Waals surface area contributed by atoms with E-state index in [1.807, 2.05) is 6.92 Å². The van der Waals surface area contributed by atoms with Crippen LogP contribution in [0, 0.1) is 0 Å². The lowest BCUT2D eigenvalue weighted by atomic mass is 9.98. The summed E-state index contributed by atoms with van der Waals surface area (Å²) in [6.07, 6.45) is -4.02. The minimum Gasteiger partial charge on any atom is -0.463 e. The van der Waals surface area contributed by atoms with Crippen LogP contribution in [0.4, 0.5) is 0 Å². The molecule has 0 saturated carbocycles. The van der Waals surface area contributed by atoms with E-state index in [2.05, 4.69) is 0 Å². The third-order valence-electron chi connectivity index (χ3n) is 3.74. The summed E-state index contributed by atoms with van der Waals surface area (Å²) < 4.78 is 32.2. The normalized spacial score (nSPS) is 26.8. The highest BCUT2D eigenvalue weighted by Crippen LogP contribution is 2.30. The first-order chi connectivity index (χ1) is 13.1. The Morgan fingerprint density at radius 3 is 1.86 bits per heavy atom. The molecule has 1 aliphatic rings. The highest BCUT2D eigenvalue weighted by Gasteiger charge is 2.52. The summed E-state index contributed by atoms with van der Waals surface area (Å²) in [5.74, 6) is -2.54. The van der Waals surface area contributed by atoms with Crippen molar-refractivity contribution in [2.75, 3.05) is 13.2 Å². The average Bonchev–Trinajstić information content (AvgIpc) is 2.56. The van der Waals surface area contributed by atoms with E-state index >= 15 is 0 Å². The van der Waals surface area contributed by atoms with E-state index in [9.17, 15) is 19.2 Å². The van der Waals surface area contributed by atoms with Crippen LogP contribution in [0.5, 0.6) is 0 Å². The highest BCUT2D eigenvalue weighted by molar-refractivity contribution is 5.68. The van der Waals surface area contributed by atoms with Crippen LogP contribution in [0.15, 0.2) is 0 Å². The number of ether oxygens (including phenoxy) is 6. The Balaban J connectivity index is 3.21. The molecule has 10 heteroatoms. The van der Waals surface area contributed by atoms with Crippen LogP contribution in [-0.4, -0.2) is 67.8 Å². The first kappa shape index (κ1) is 23.8. The van der Waals surface area contributed by atoms with Gasteiger partial charge in [-0.05, 0) is 6.42 Å². The standard InChI is InChI=1S/C18H28O10/c1-6-7-8-23-17-16(26-12(4)21)15(25-11(3)20)14(9-24-10(2)19)28-18(17)27-13(5)22/h14-18H,6-9H2,1-5H3/t14-,15+,16-,17-,18?/m0/s1. The third kappa shape index (κ3) is 7.81. The second-order valence-corrected chi connectivity index (χ2v) is 6.29. The number of rotatable bonds is 9. The quantitative estimate of drug-likeness (QED) is 0.311. The Morgan fingerprint density at radius 2 is 1.36 bits per heavy atom. The molecule has 0 N–H and O–H groups in total. The zero-order valence-electron chi connectivity index (χ0n) is 16.8. The summed E-state index contributed by atoms with van der Waals surface area (Å²) in [5, 5.41) is 0. The molecule has 0 radical (unpaired) electrons. The van der Waals surface area contributed by atoms with E-state index in [0.29, 0.717) is 6.42 Å². The van der Waals surface area contributed by atoms with Gasteiger partial charge in [-0.2, -0.15) is 0 Å². The topological polar surface area (TPSA) is 124 Å². The summed E-state index contributed by atoms with van der Waals surface area (Å²) in [7, 11) is 0. The Labute approximate surface area is 163 Å². The van der Waals surface area contributed by atoms with Gasteiger partial charge in [0.2, 0.25) is 6.29 Å². The minimum absolute atomic E-state index is 0.279. The van der Waals surface area contributed by atoms with Crippen LogP contribution in [-0.2, 0) is 47.6 Å². The summed E-state index contributed by atoms with van der Waals surface area (Å²) in [6.45, 7) is 6.70. The van der Waals surface area contributed by atoms with E-state index < -0.39 is 54.6 Å². The molecule has 0 aliphatic carbocycles. The first-order valence-corrected chi connectivity index (χ1v) is 9.07. The molecule has 0 amide bonds. The Kier molecular flexibility index (Phi) is 9.88. The molecular formula is C18H28O10. The summed E-state index contributed by atoms with van der Waals surface area (Å²) in [6, 6.07) is 0. The molecule has 0 bridgehead atoms. The Hall–Kier alpha value is -2.20. The van der Waals surface area contributed by atoms with Crippen LogP contribution in [0.2, 0.25) is 0 Å². The molecular weight excluding hydrogens is 376 g/mol. The van der Waals surface area contributed by atoms with Gasteiger partial charge in [-0.1, -0.05) is 13.3 Å². The average molecular weight is 404 g/mol. The number of carbonyl (C=O) groups is 4. The molecule has 1 rings (SSSR count). The van der Waals surface area contributed by atoms with Crippen molar-refractivity contribution in [3.8, 4) is 0 Å². The summed E-state index contributed by atoms with van der Waals surface area (Å²) in [5.41, 5.74) is 0. The number of carbonyl (C=O) groups excluding carboxylic acids is 4. The minimum atomic E-state index is -1.24. The first-order valence-electron chi connectivity index (χ1n) is 9.07. The van der Waals surface area contributed by atoms with Gasteiger partial charge in [-0.15, -0.1) is 0 Å². The molecule has 1 aliphatic heterocycles. The largest absolute Gasteiger partial charge is 0.463 e. The fraction of sp³-hybridized carbons (Fsp3) is 0.778. The van der Waals surface area contributed by atoms with Crippen LogP contribution in [0.1, 0.15) is 47.5 Å². The monoisotopic (exact) mass is 404 g/mol. The van der Waals surface area contributed by atoms with E-state index in [1.165, 1.54) is 27.7 Å². The van der Waals surface area contributed by atoms with Gasteiger partial charge in [0, 0.05) is 34.3 Å². The maximum absolute atomic E-state index is 11.7.